The van der Waals surface area contributed by atoms with Gasteiger partial charge in [-0.15, -0.1) is 0 Å². The first-order valence-electron chi connectivity index (χ1n) is 9.31. The van der Waals surface area contributed by atoms with Crippen LogP contribution in [0.25, 0.3) is 5.69 Å². The van der Waals surface area contributed by atoms with Gasteiger partial charge in [0.15, 0.2) is 0 Å². The Morgan fingerprint density at radius 2 is 1.40 bits per heavy atom. The van der Waals surface area contributed by atoms with Gasteiger partial charge in [-0.05, 0) is 42.5 Å². The molecule has 1 aliphatic heterocycles. The number of halogens is 4. The fourth-order valence-electron chi connectivity index (χ4n) is 3.64. The molecule has 0 bridgehead atoms. The maximum atomic E-state index is 13.2. The van der Waals surface area contributed by atoms with E-state index in [-0.39, 0.29) is 11.8 Å². The topological polar surface area (TPSA) is 51.9 Å². The molecule has 2 heterocycles. The molecule has 5 nitrogen and oxygen atoms in total. The van der Waals surface area contributed by atoms with Crippen LogP contribution in [0.1, 0.15) is 5.56 Å². The zero-order valence-electron chi connectivity index (χ0n) is 15.8. The Morgan fingerprint density at radius 1 is 0.767 bits per heavy atom. The molecular weight excluding hydrogens is 402 g/mol. The maximum Gasteiger partial charge on any atom is 0.416 e. The van der Waals surface area contributed by atoms with Crippen molar-refractivity contribution >= 4 is 11.4 Å². The second kappa shape index (κ2) is 7.47. The molecule has 0 atom stereocenters. The quantitative estimate of drug-likeness (QED) is 0.617. The maximum absolute atomic E-state index is 13.2. The van der Waals surface area contributed by atoms with Crippen LogP contribution in [-0.4, -0.2) is 41.0 Å². The molecule has 1 saturated heterocycles. The monoisotopic (exact) mass is 421 g/mol. The van der Waals surface area contributed by atoms with Gasteiger partial charge < -0.3 is 20.0 Å². The molecule has 1 aromatic heterocycles. The Bertz CT molecular complexity index is 1040. The predicted octanol–water partition coefficient (Wildman–Crippen LogP) is 4.37. The smallest absolute Gasteiger partial charge is 0.416 e. The number of hydrogen-bond donors (Lipinski definition) is 2. The lowest BCUT2D eigenvalue weighted by Gasteiger charge is -2.37. The molecule has 2 aromatic carbocycles. The summed E-state index contributed by atoms with van der Waals surface area (Å²) in [6, 6.07) is 11.9. The molecule has 30 heavy (non-hydrogen) atoms. The van der Waals surface area contributed by atoms with Gasteiger partial charge in [-0.2, -0.15) is 13.2 Å². The Labute approximate surface area is 170 Å². The lowest BCUT2D eigenvalue weighted by molar-refractivity contribution is -0.137. The Morgan fingerprint density at radius 3 is 2.03 bits per heavy atom. The molecule has 0 amide bonds. The van der Waals surface area contributed by atoms with Crippen LogP contribution in [0.15, 0.2) is 54.6 Å². The Hall–Kier alpha value is -3.36. The highest BCUT2D eigenvalue weighted by Crippen LogP contribution is 2.39. The highest BCUT2D eigenvalue weighted by atomic mass is 19.4. The van der Waals surface area contributed by atoms with Crippen LogP contribution in [0.5, 0.6) is 11.8 Å². The molecule has 0 radical (unpaired) electrons. The average Bonchev–Trinajstić information content (AvgIpc) is 3.02. The summed E-state index contributed by atoms with van der Waals surface area (Å²) in [6.07, 6.45) is -4.40. The van der Waals surface area contributed by atoms with E-state index in [1.165, 1.54) is 41.0 Å². The number of piperazine rings is 1. The van der Waals surface area contributed by atoms with E-state index in [4.69, 9.17) is 0 Å². The summed E-state index contributed by atoms with van der Waals surface area (Å²) >= 11 is 0. The number of alkyl halides is 3. The van der Waals surface area contributed by atoms with E-state index >= 15 is 0 Å². The van der Waals surface area contributed by atoms with Crippen molar-refractivity contribution in [1.29, 1.82) is 0 Å². The number of aromatic nitrogens is 1. The molecule has 3 aromatic rings. The van der Waals surface area contributed by atoms with E-state index in [0.717, 1.165) is 12.1 Å². The third-order valence-corrected chi connectivity index (χ3v) is 5.18. The van der Waals surface area contributed by atoms with Crippen molar-refractivity contribution in [2.75, 3.05) is 36.0 Å². The van der Waals surface area contributed by atoms with E-state index in [1.807, 2.05) is 9.80 Å². The standard InChI is InChI=1S/C21H19F4N3O2/c22-15-4-6-16(7-5-15)28-19(29)13-18(20(28)30)27-10-8-26(9-11-27)17-3-1-2-14(12-17)21(23,24)25/h1-7,12-13,29-30H,8-11H2. The fourth-order valence-corrected chi connectivity index (χ4v) is 3.64. The molecule has 0 spiro atoms. The van der Waals surface area contributed by atoms with Crippen molar-refractivity contribution in [3.63, 3.8) is 0 Å². The van der Waals surface area contributed by atoms with Gasteiger partial charge in [0.05, 0.1) is 11.3 Å². The second-order valence-electron chi connectivity index (χ2n) is 7.05. The molecular formula is C21H19F4N3O2. The number of hydrogen-bond acceptors (Lipinski definition) is 4. The molecule has 1 aliphatic rings. The third-order valence-electron chi connectivity index (χ3n) is 5.18. The van der Waals surface area contributed by atoms with E-state index in [0.29, 0.717) is 43.2 Å². The largest absolute Gasteiger partial charge is 0.494 e. The van der Waals surface area contributed by atoms with E-state index in [9.17, 15) is 27.8 Å². The molecule has 0 aliphatic carbocycles. The lowest BCUT2D eigenvalue weighted by atomic mass is 10.1. The van der Waals surface area contributed by atoms with Crippen molar-refractivity contribution in [3.8, 4) is 17.4 Å². The van der Waals surface area contributed by atoms with Gasteiger partial charge in [0, 0.05) is 37.9 Å². The SMILES string of the molecule is Oc1cc(N2CCN(c3cccc(C(F)(F)F)c3)CC2)c(O)n1-c1ccc(F)cc1. The van der Waals surface area contributed by atoms with E-state index < -0.39 is 17.6 Å². The van der Waals surface area contributed by atoms with Crippen molar-refractivity contribution in [2.24, 2.45) is 0 Å². The van der Waals surface area contributed by atoms with E-state index in [1.54, 1.807) is 6.07 Å². The summed E-state index contributed by atoms with van der Waals surface area (Å²) in [5.41, 5.74) is 0.600. The van der Waals surface area contributed by atoms with Gasteiger partial charge in [-0.25, -0.2) is 8.96 Å². The summed E-state index contributed by atoms with van der Waals surface area (Å²) in [5, 5.41) is 20.9. The first kappa shape index (κ1) is 19.9. The molecule has 158 valence electrons. The zero-order chi connectivity index (χ0) is 21.5. The van der Waals surface area contributed by atoms with Crippen LogP contribution < -0.4 is 9.80 Å². The van der Waals surface area contributed by atoms with E-state index in [2.05, 4.69) is 0 Å². The summed E-state index contributed by atoms with van der Waals surface area (Å²) in [7, 11) is 0. The number of rotatable bonds is 3. The first-order chi connectivity index (χ1) is 14.2. The molecule has 2 N–H and O–H groups in total. The van der Waals surface area contributed by atoms with Crippen LogP contribution >= 0.6 is 0 Å². The Balaban J connectivity index is 1.51. The molecule has 9 heteroatoms. The molecule has 1 fully saturated rings. The Kier molecular flexibility index (Phi) is 4.97. The lowest BCUT2D eigenvalue weighted by Crippen LogP contribution is -2.46. The predicted molar refractivity (Wildman–Crippen MR) is 105 cm³/mol. The van der Waals surface area contributed by atoms with Crippen molar-refractivity contribution in [2.45, 2.75) is 6.18 Å². The van der Waals surface area contributed by atoms with Crippen LogP contribution in [0.2, 0.25) is 0 Å². The fraction of sp³-hybridized carbons (Fsp3) is 0.238. The first-order valence-corrected chi connectivity index (χ1v) is 9.31. The van der Waals surface area contributed by atoms with Gasteiger partial charge in [-0.1, -0.05) is 6.07 Å². The third kappa shape index (κ3) is 3.74. The van der Waals surface area contributed by atoms with Crippen LogP contribution in [0, 0.1) is 5.82 Å². The summed E-state index contributed by atoms with van der Waals surface area (Å²) < 4.78 is 53.3. The van der Waals surface area contributed by atoms with Gasteiger partial charge in [0.1, 0.15) is 11.5 Å². The molecule has 0 saturated carbocycles. The number of aromatic hydroxyl groups is 2. The number of anilines is 2. The van der Waals surface area contributed by atoms with Gasteiger partial charge in [0.2, 0.25) is 11.8 Å². The van der Waals surface area contributed by atoms with Crippen molar-refractivity contribution < 1.29 is 27.8 Å². The molecule has 0 unspecified atom stereocenters. The van der Waals surface area contributed by atoms with Gasteiger partial charge in [0.25, 0.3) is 0 Å². The summed E-state index contributed by atoms with van der Waals surface area (Å²) in [4.78, 5) is 3.69. The van der Waals surface area contributed by atoms with Crippen molar-refractivity contribution in [3.05, 3.63) is 66.0 Å². The zero-order valence-corrected chi connectivity index (χ0v) is 15.8. The van der Waals surface area contributed by atoms with Gasteiger partial charge >= 0.3 is 6.18 Å². The number of nitrogens with zero attached hydrogens (tertiary/aromatic N) is 3. The highest BCUT2D eigenvalue weighted by molar-refractivity contribution is 5.64. The van der Waals surface area contributed by atoms with Crippen LogP contribution in [-0.2, 0) is 6.18 Å². The normalized spacial score (nSPS) is 14.9. The highest BCUT2D eigenvalue weighted by Gasteiger charge is 2.31. The summed E-state index contributed by atoms with van der Waals surface area (Å²) in [5.74, 6) is -0.822. The molecule has 4 rings (SSSR count). The van der Waals surface area contributed by atoms with Gasteiger partial charge in [-0.3, -0.25) is 0 Å². The second-order valence-corrected chi connectivity index (χ2v) is 7.05. The summed E-state index contributed by atoms with van der Waals surface area (Å²) in [6.45, 7) is 1.78. The van der Waals surface area contributed by atoms with Crippen LogP contribution in [0.4, 0.5) is 28.9 Å². The number of benzene rings is 2. The average molecular weight is 421 g/mol. The minimum absolute atomic E-state index is 0.188. The van der Waals surface area contributed by atoms with Crippen molar-refractivity contribution in [1.82, 2.24) is 4.57 Å². The minimum atomic E-state index is -4.40. The van der Waals surface area contributed by atoms with Crippen LogP contribution in [0.3, 0.4) is 0 Å². The minimum Gasteiger partial charge on any atom is -0.494 e.